The number of nitrogens with one attached hydrogen (secondary N) is 2. The van der Waals surface area contributed by atoms with Crippen LogP contribution >= 0.6 is 11.6 Å². The fourth-order valence-electron chi connectivity index (χ4n) is 3.48. The third kappa shape index (κ3) is 4.84. The van der Waals surface area contributed by atoms with Crippen LogP contribution in [0.4, 0.5) is 11.4 Å². The Bertz CT molecular complexity index is 869. The minimum absolute atomic E-state index is 0.0635. The van der Waals surface area contributed by atoms with Crippen molar-refractivity contribution in [3.8, 4) is 0 Å². The lowest BCUT2D eigenvalue weighted by Gasteiger charge is -2.33. The second kappa shape index (κ2) is 9.11. The van der Waals surface area contributed by atoms with Crippen LogP contribution in [-0.2, 0) is 4.79 Å². The minimum Gasteiger partial charge on any atom is -0.375 e. The quantitative estimate of drug-likeness (QED) is 0.765. The van der Waals surface area contributed by atoms with Gasteiger partial charge in [-0.2, -0.15) is 0 Å². The Balaban J connectivity index is 1.61. The summed E-state index contributed by atoms with van der Waals surface area (Å²) in [6.07, 6.45) is 3.29. The van der Waals surface area contributed by atoms with Crippen LogP contribution in [0.15, 0.2) is 42.5 Å². The standard InChI is InChI=1S/C22H26ClN3O2/c1-15-13-17(22(28)26-12-6-5-7-16(26)2)10-11-19(15)25-21(27)14-24-20-9-4-3-8-18(20)23/h3-4,8-11,13,16,24H,5-7,12,14H2,1-2H3,(H,25,27). The van der Waals surface area contributed by atoms with E-state index in [-0.39, 0.29) is 24.4 Å². The molecule has 5 nitrogen and oxygen atoms in total. The summed E-state index contributed by atoms with van der Waals surface area (Å²) < 4.78 is 0. The molecule has 1 atom stereocenters. The molecule has 28 heavy (non-hydrogen) atoms. The lowest BCUT2D eigenvalue weighted by atomic mass is 10.0. The van der Waals surface area contributed by atoms with Crippen LogP contribution in [0.1, 0.15) is 42.1 Å². The monoisotopic (exact) mass is 399 g/mol. The molecule has 2 aromatic carbocycles. The Morgan fingerprint density at radius 2 is 1.93 bits per heavy atom. The van der Waals surface area contributed by atoms with Gasteiger partial charge in [-0.15, -0.1) is 0 Å². The van der Waals surface area contributed by atoms with Crippen LogP contribution in [0.5, 0.6) is 0 Å². The van der Waals surface area contributed by atoms with Gasteiger partial charge in [0.1, 0.15) is 0 Å². The molecule has 0 radical (unpaired) electrons. The maximum atomic E-state index is 12.8. The molecule has 0 spiro atoms. The molecule has 0 aromatic heterocycles. The van der Waals surface area contributed by atoms with E-state index in [4.69, 9.17) is 11.6 Å². The van der Waals surface area contributed by atoms with Crippen molar-refractivity contribution in [3.05, 3.63) is 58.6 Å². The lowest BCUT2D eigenvalue weighted by Crippen LogP contribution is -2.42. The molecule has 2 aromatic rings. The number of rotatable bonds is 5. The third-order valence-corrected chi connectivity index (χ3v) is 5.45. The van der Waals surface area contributed by atoms with E-state index in [9.17, 15) is 9.59 Å². The van der Waals surface area contributed by atoms with Gasteiger partial charge in [0.05, 0.1) is 17.3 Å². The fourth-order valence-corrected chi connectivity index (χ4v) is 3.68. The average molecular weight is 400 g/mol. The highest BCUT2D eigenvalue weighted by molar-refractivity contribution is 6.33. The second-order valence-corrected chi connectivity index (χ2v) is 7.66. The Kier molecular flexibility index (Phi) is 6.57. The molecule has 2 N–H and O–H groups in total. The summed E-state index contributed by atoms with van der Waals surface area (Å²) in [6, 6.07) is 13.0. The number of benzene rings is 2. The van der Waals surface area contributed by atoms with E-state index < -0.39 is 0 Å². The molecular weight excluding hydrogens is 374 g/mol. The predicted octanol–water partition coefficient (Wildman–Crippen LogP) is 4.71. The number of aryl methyl sites for hydroxylation is 1. The number of piperidine rings is 1. The fraction of sp³-hybridized carbons (Fsp3) is 0.364. The molecule has 1 heterocycles. The molecular formula is C22H26ClN3O2. The number of anilines is 2. The molecule has 1 aliphatic heterocycles. The normalized spacial score (nSPS) is 16.5. The zero-order chi connectivity index (χ0) is 20.1. The Morgan fingerprint density at radius 3 is 2.64 bits per heavy atom. The number of halogens is 1. The maximum Gasteiger partial charge on any atom is 0.254 e. The van der Waals surface area contributed by atoms with Crippen molar-refractivity contribution in [1.82, 2.24) is 4.90 Å². The topological polar surface area (TPSA) is 61.4 Å². The van der Waals surface area contributed by atoms with Gasteiger partial charge >= 0.3 is 0 Å². The number of para-hydroxylation sites is 1. The van der Waals surface area contributed by atoms with Gasteiger partial charge in [0.15, 0.2) is 0 Å². The van der Waals surface area contributed by atoms with Crippen LogP contribution < -0.4 is 10.6 Å². The summed E-state index contributed by atoms with van der Waals surface area (Å²) in [7, 11) is 0. The number of likely N-dealkylation sites (tertiary alicyclic amines) is 1. The van der Waals surface area contributed by atoms with Gasteiger partial charge < -0.3 is 15.5 Å². The first-order chi connectivity index (χ1) is 13.5. The van der Waals surface area contributed by atoms with Crippen LogP contribution in [0, 0.1) is 6.92 Å². The lowest BCUT2D eigenvalue weighted by molar-refractivity contribution is -0.114. The van der Waals surface area contributed by atoms with E-state index in [0.717, 1.165) is 24.9 Å². The molecule has 1 saturated heterocycles. The van der Waals surface area contributed by atoms with E-state index in [1.807, 2.05) is 36.1 Å². The van der Waals surface area contributed by atoms with Crippen molar-refractivity contribution in [2.75, 3.05) is 23.7 Å². The molecule has 6 heteroatoms. The van der Waals surface area contributed by atoms with Gasteiger partial charge in [-0.3, -0.25) is 9.59 Å². The first-order valence-electron chi connectivity index (χ1n) is 9.65. The maximum absolute atomic E-state index is 12.8. The number of hydrogen-bond donors (Lipinski definition) is 2. The molecule has 0 bridgehead atoms. The summed E-state index contributed by atoms with van der Waals surface area (Å²) in [5, 5.41) is 6.48. The first-order valence-corrected chi connectivity index (χ1v) is 10.0. The number of nitrogens with zero attached hydrogens (tertiary/aromatic N) is 1. The average Bonchev–Trinajstić information content (AvgIpc) is 2.69. The highest BCUT2D eigenvalue weighted by atomic mass is 35.5. The van der Waals surface area contributed by atoms with E-state index in [1.54, 1.807) is 18.2 Å². The Labute approximate surface area is 171 Å². The van der Waals surface area contributed by atoms with Crippen molar-refractivity contribution in [1.29, 1.82) is 0 Å². The van der Waals surface area contributed by atoms with Crippen LogP contribution in [-0.4, -0.2) is 35.8 Å². The predicted molar refractivity (Wildman–Crippen MR) is 114 cm³/mol. The summed E-state index contributed by atoms with van der Waals surface area (Å²) in [4.78, 5) is 27.0. The van der Waals surface area contributed by atoms with E-state index in [0.29, 0.717) is 22.0 Å². The molecule has 1 fully saturated rings. The van der Waals surface area contributed by atoms with E-state index >= 15 is 0 Å². The molecule has 2 amide bonds. The van der Waals surface area contributed by atoms with Gasteiger partial charge in [-0.05, 0) is 69.0 Å². The van der Waals surface area contributed by atoms with Crippen LogP contribution in [0.3, 0.4) is 0 Å². The Morgan fingerprint density at radius 1 is 1.14 bits per heavy atom. The van der Waals surface area contributed by atoms with E-state index in [1.165, 1.54) is 6.42 Å². The molecule has 3 rings (SSSR count). The number of amides is 2. The van der Waals surface area contributed by atoms with Gasteiger partial charge in [0, 0.05) is 23.8 Å². The van der Waals surface area contributed by atoms with Crippen molar-refractivity contribution >= 4 is 34.8 Å². The SMILES string of the molecule is Cc1cc(C(=O)N2CCCCC2C)ccc1NC(=O)CNc1ccccc1Cl. The highest BCUT2D eigenvalue weighted by Crippen LogP contribution is 2.23. The Hall–Kier alpha value is -2.53. The smallest absolute Gasteiger partial charge is 0.254 e. The third-order valence-electron chi connectivity index (χ3n) is 5.12. The van der Waals surface area contributed by atoms with Gasteiger partial charge in [-0.25, -0.2) is 0 Å². The summed E-state index contributed by atoms with van der Waals surface area (Å²) >= 11 is 6.08. The van der Waals surface area contributed by atoms with Gasteiger partial charge in [-0.1, -0.05) is 23.7 Å². The van der Waals surface area contributed by atoms with Crippen molar-refractivity contribution in [2.45, 2.75) is 39.2 Å². The van der Waals surface area contributed by atoms with Gasteiger partial charge in [0.2, 0.25) is 5.91 Å². The second-order valence-electron chi connectivity index (χ2n) is 7.25. The van der Waals surface area contributed by atoms with Crippen molar-refractivity contribution < 1.29 is 9.59 Å². The first kappa shape index (κ1) is 20.2. The molecule has 0 saturated carbocycles. The van der Waals surface area contributed by atoms with Crippen molar-refractivity contribution in [3.63, 3.8) is 0 Å². The van der Waals surface area contributed by atoms with E-state index in [2.05, 4.69) is 17.6 Å². The van der Waals surface area contributed by atoms with Crippen molar-refractivity contribution in [2.24, 2.45) is 0 Å². The van der Waals surface area contributed by atoms with Crippen LogP contribution in [0.25, 0.3) is 0 Å². The largest absolute Gasteiger partial charge is 0.375 e. The summed E-state index contributed by atoms with van der Waals surface area (Å²) in [5.74, 6) is -0.111. The van der Waals surface area contributed by atoms with Gasteiger partial charge in [0.25, 0.3) is 5.91 Å². The molecule has 148 valence electrons. The molecule has 1 unspecified atom stereocenters. The zero-order valence-electron chi connectivity index (χ0n) is 16.3. The number of carbonyl (C=O) groups is 2. The summed E-state index contributed by atoms with van der Waals surface area (Å²) in [5.41, 5.74) is 2.95. The van der Waals surface area contributed by atoms with Crippen LogP contribution in [0.2, 0.25) is 5.02 Å². The number of carbonyl (C=O) groups excluding carboxylic acids is 2. The molecule has 1 aliphatic rings. The highest BCUT2D eigenvalue weighted by Gasteiger charge is 2.24. The number of hydrogen-bond acceptors (Lipinski definition) is 3. The molecule has 0 aliphatic carbocycles. The summed E-state index contributed by atoms with van der Waals surface area (Å²) in [6.45, 7) is 4.92. The zero-order valence-corrected chi connectivity index (χ0v) is 17.1. The minimum atomic E-state index is -0.174.